The smallest absolute Gasteiger partial charge is 0.255 e. The topological polar surface area (TPSA) is 57.7 Å². The van der Waals surface area contributed by atoms with Crippen LogP contribution in [0.4, 0.5) is 5.82 Å². The van der Waals surface area contributed by atoms with Gasteiger partial charge < -0.3 is 19.9 Å². The van der Waals surface area contributed by atoms with Crippen molar-refractivity contribution in [3.05, 3.63) is 53.7 Å². The number of rotatable bonds is 7. The van der Waals surface area contributed by atoms with Gasteiger partial charge >= 0.3 is 0 Å². The summed E-state index contributed by atoms with van der Waals surface area (Å²) in [4.78, 5) is 21.3. The molecule has 1 aliphatic heterocycles. The monoisotopic (exact) mass is 368 g/mol. The molecule has 1 aromatic heterocycles. The molecule has 27 heavy (non-hydrogen) atoms. The number of piperazine rings is 1. The van der Waals surface area contributed by atoms with E-state index in [4.69, 9.17) is 4.74 Å². The zero-order valence-corrected chi connectivity index (χ0v) is 16.1. The number of hydrogen-bond acceptors (Lipinski definition) is 5. The minimum absolute atomic E-state index is 0.0723. The van der Waals surface area contributed by atoms with Crippen molar-refractivity contribution >= 4 is 11.7 Å². The van der Waals surface area contributed by atoms with Crippen LogP contribution in [-0.2, 0) is 6.42 Å². The molecule has 0 spiro atoms. The van der Waals surface area contributed by atoms with Crippen LogP contribution >= 0.6 is 0 Å². The molecule has 2 aromatic rings. The van der Waals surface area contributed by atoms with Gasteiger partial charge in [0.15, 0.2) is 0 Å². The normalized spacial score (nSPS) is 14.8. The second kappa shape index (κ2) is 9.37. The maximum absolute atomic E-state index is 12.6. The molecule has 144 valence electrons. The van der Waals surface area contributed by atoms with Crippen molar-refractivity contribution in [2.75, 3.05) is 51.7 Å². The Labute approximate surface area is 161 Å². The lowest BCUT2D eigenvalue weighted by molar-refractivity contribution is 0.0643. The highest BCUT2D eigenvalue weighted by molar-refractivity contribution is 5.94. The van der Waals surface area contributed by atoms with Crippen LogP contribution in [0.15, 0.2) is 42.6 Å². The summed E-state index contributed by atoms with van der Waals surface area (Å²) >= 11 is 0. The third-order valence-corrected chi connectivity index (χ3v) is 5.00. The quantitative estimate of drug-likeness (QED) is 0.814. The molecule has 2 heterocycles. The maximum Gasteiger partial charge on any atom is 0.255 e. The van der Waals surface area contributed by atoms with Gasteiger partial charge in [-0.05, 0) is 42.8 Å². The lowest BCUT2D eigenvalue weighted by atomic mass is 10.1. The number of nitrogens with zero attached hydrogens (tertiary/aromatic N) is 3. The van der Waals surface area contributed by atoms with E-state index in [2.05, 4.69) is 34.3 Å². The number of methoxy groups -OCH3 is 1. The molecule has 0 bridgehead atoms. The molecule has 0 radical (unpaired) electrons. The molecule has 0 aliphatic carbocycles. The van der Waals surface area contributed by atoms with Gasteiger partial charge in [0.05, 0.1) is 12.7 Å². The number of ether oxygens (including phenoxy) is 1. The molecule has 1 saturated heterocycles. The zero-order chi connectivity index (χ0) is 19.1. The Morgan fingerprint density at radius 2 is 1.85 bits per heavy atom. The van der Waals surface area contributed by atoms with Gasteiger partial charge in [-0.15, -0.1) is 0 Å². The van der Waals surface area contributed by atoms with E-state index in [1.165, 1.54) is 5.56 Å². The predicted molar refractivity (Wildman–Crippen MR) is 107 cm³/mol. The number of pyridine rings is 1. The summed E-state index contributed by atoms with van der Waals surface area (Å²) in [5.41, 5.74) is 1.89. The molecule has 3 rings (SSSR count). The van der Waals surface area contributed by atoms with Crippen LogP contribution in [0.5, 0.6) is 5.75 Å². The summed E-state index contributed by atoms with van der Waals surface area (Å²) < 4.78 is 5.17. The van der Waals surface area contributed by atoms with Crippen molar-refractivity contribution in [2.24, 2.45) is 0 Å². The molecule has 0 unspecified atom stereocenters. The highest BCUT2D eigenvalue weighted by atomic mass is 16.5. The van der Waals surface area contributed by atoms with Gasteiger partial charge in [0.1, 0.15) is 11.6 Å². The molecule has 0 saturated carbocycles. The molecule has 0 atom stereocenters. The van der Waals surface area contributed by atoms with E-state index in [1.54, 1.807) is 13.3 Å². The summed E-state index contributed by atoms with van der Waals surface area (Å²) in [5, 5.41) is 3.31. The highest BCUT2D eigenvalue weighted by Crippen LogP contribution is 2.13. The fourth-order valence-corrected chi connectivity index (χ4v) is 3.20. The first-order chi connectivity index (χ1) is 13.2. The van der Waals surface area contributed by atoms with Gasteiger partial charge in [-0.25, -0.2) is 4.98 Å². The highest BCUT2D eigenvalue weighted by Gasteiger charge is 2.21. The number of carbonyl (C=O) groups excluding carboxylic acids is 1. The van der Waals surface area contributed by atoms with E-state index in [1.807, 2.05) is 29.2 Å². The average Bonchev–Trinajstić information content (AvgIpc) is 2.74. The second-order valence-corrected chi connectivity index (χ2v) is 6.68. The molecule has 6 heteroatoms. The molecule has 1 fully saturated rings. The third kappa shape index (κ3) is 5.20. The van der Waals surface area contributed by atoms with Crippen LogP contribution < -0.4 is 10.1 Å². The summed E-state index contributed by atoms with van der Waals surface area (Å²) in [6.07, 6.45) is 2.57. The number of likely N-dealkylation sites (N-methyl/N-ethyl adjacent to an activating group) is 1. The Morgan fingerprint density at radius 3 is 2.44 bits per heavy atom. The minimum atomic E-state index is 0.0723. The van der Waals surface area contributed by atoms with Crippen molar-refractivity contribution < 1.29 is 9.53 Å². The van der Waals surface area contributed by atoms with Crippen LogP contribution in [0.3, 0.4) is 0 Å². The molecule has 6 nitrogen and oxygen atoms in total. The van der Waals surface area contributed by atoms with Crippen molar-refractivity contribution in [1.29, 1.82) is 0 Å². The number of anilines is 1. The van der Waals surface area contributed by atoms with E-state index in [0.29, 0.717) is 5.56 Å². The Balaban J connectivity index is 1.47. The Bertz CT molecular complexity index is 723. The van der Waals surface area contributed by atoms with E-state index in [0.717, 1.165) is 57.3 Å². The number of benzene rings is 1. The number of carbonyl (C=O) groups is 1. The zero-order valence-electron chi connectivity index (χ0n) is 16.1. The third-order valence-electron chi connectivity index (χ3n) is 5.00. The lowest BCUT2D eigenvalue weighted by Gasteiger charge is -2.34. The van der Waals surface area contributed by atoms with Gasteiger partial charge in [-0.1, -0.05) is 19.1 Å². The van der Waals surface area contributed by atoms with Gasteiger partial charge in [-0.2, -0.15) is 0 Å². The van der Waals surface area contributed by atoms with E-state index in [9.17, 15) is 4.79 Å². The average molecular weight is 368 g/mol. The van der Waals surface area contributed by atoms with E-state index >= 15 is 0 Å². The standard InChI is InChI=1S/C21H28N4O2/c1-3-24-12-14-25(15-13-24)21(26)18-6-9-20(23-16-18)22-11-10-17-4-7-19(27-2)8-5-17/h4-9,16H,3,10-15H2,1-2H3,(H,22,23). The van der Waals surface area contributed by atoms with Crippen molar-refractivity contribution in [1.82, 2.24) is 14.8 Å². The Kier molecular flexibility index (Phi) is 6.65. The fourth-order valence-electron chi connectivity index (χ4n) is 3.20. The summed E-state index contributed by atoms with van der Waals surface area (Å²) in [6.45, 7) is 7.44. The molecule has 1 aromatic carbocycles. The predicted octanol–water partition coefficient (Wildman–Crippen LogP) is 2.52. The number of hydrogen-bond donors (Lipinski definition) is 1. The largest absolute Gasteiger partial charge is 0.497 e. The number of aromatic nitrogens is 1. The van der Waals surface area contributed by atoms with Gasteiger partial charge in [0.25, 0.3) is 5.91 Å². The van der Waals surface area contributed by atoms with Gasteiger partial charge in [0, 0.05) is 38.9 Å². The van der Waals surface area contributed by atoms with Crippen LogP contribution in [0, 0.1) is 0 Å². The fraction of sp³-hybridized carbons (Fsp3) is 0.429. The second-order valence-electron chi connectivity index (χ2n) is 6.68. The Hall–Kier alpha value is -2.60. The van der Waals surface area contributed by atoms with Crippen LogP contribution in [0.25, 0.3) is 0 Å². The first-order valence-corrected chi connectivity index (χ1v) is 9.54. The maximum atomic E-state index is 12.6. The lowest BCUT2D eigenvalue weighted by Crippen LogP contribution is -2.48. The van der Waals surface area contributed by atoms with Crippen LogP contribution in [0.2, 0.25) is 0 Å². The molecule has 1 N–H and O–H groups in total. The molecule has 1 aliphatic rings. The first kappa shape index (κ1) is 19.2. The van der Waals surface area contributed by atoms with E-state index < -0.39 is 0 Å². The molecular formula is C21H28N4O2. The molecule has 1 amide bonds. The van der Waals surface area contributed by atoms with Crippen LogP contribution in [-0.4, -0.2) is 67.1 Å². The van der Waals surface area contributed by atoms with Crippen molar-refractivity contribution in [3.8, 4) is 5.75 Å². The Morgan fingerprint density at radius 1 is 1.11 bits per heavy atom. The molecular weight excluding hydrogens is 340 g/mol. The van der Waals surface area contributed by atoms with Gasteiger partial charge in [0.2, 0.25) is 0 Å². The first-order valence-electron chi connectivity index (χ1n) is 9.54. The minimum Gasteiger partial charge on any atom is -0.497 e. The summed E-state index contributed by atoms with van der Waals surface area (Å²) in [5.74, 6) is 1.73. The van der Waals surface area contributed by atoms with E-state index in [-0.39, 0.29) is 5.91 Å². The van der Waals surface area contributed by atoms with Crippen molar-refractivity contribution in [2.45, 2.75) is 13.3 Å². The number of amides is 1. The van der Waals surface area contributed by atoms with Crippen LogP contribution in [0.1, 0.15) is 22.8 Å². The van der Waals surface area contributed by atoms with Gasteiger partial charge in [-0.3, -0.25) is 4.79 Å². The summed E-state index contributed by atoms with van der Waals surface area (Å²) in [6, 6.07) is 11.8. The number of nitrogens with one attached hydrogen (secondary N) is 1. The van der Waals surface area contributed by atoms with Crippen molar-refractivity contribution in [3.63, 3.8) is 0 Å². The summed E-state index contributed by atoms with van der Waals surface area (Å²) in [7, 11) is 1.67. The SMILES string of the molecule is CCN1CCN(C(=O)c2ccc(NCCc3ccc(OC)cc3)nc2)CC1.